The van der Waals surface area contributed by atoms with Gasteiger partial charge in [0.15, 0.2) is 0 Å². The zero-order chi connectivity index (χ0) is 16.4. The van der Waals surface area contributed by atoms with Gasteiger partial charge in [0.2, 0.25) is 11.7 Å². The number of imide groups is 2. The van der Waals surface area contributed by atoms with Gasteiger partial charge >= 0.3 is 17.8 Å². The Morgan fingerprint density at radius 1 is 1.04 bits per heavy atom. The molecule has 0 N–H and O–H groups in total. The van der Waals surface area contributed by atoms with Crippen molar-refractivity contribution in [2.45, 2.75) is 19.9 Å². The monoisotopic (exact) mass is 314 g/mol. The van der Waals surface area contributed by atoms with E-state index in [9.17, 15) is 14.4 Å². The van der Waals surface area contributed by atoms with Gasteiger partial charge in [-0.1, -0.05) is 42.4 Å². The lowest BCUT2D eigenvalue weighted by Gasteiger charge is -2.12. The molecule has 0 aliphatic carbocycles. The summed E-state index contributed by atoms with van der Waals surface area (Å²) < 4.78 is 5.07. The Morgan fingerprint density at radius 3 is 2.43 bits per heavy atom. The molecule has 0 saturated carbocycles. The van der Waals surface area contributed by atoms with Crippen LogP contribution in [0.3, 0.4) is 0 Å². The number of amides is 4. The molecule has 1 aliphatic heterocycles. The molecule has 1 aromatic carbocycles. The van der Waals surface area contributed by atoms with Gasteiger partial charge in [-0.2, -0.15) is 4.98 Å². The SMILES string of the molecule is CCCN1C(=O)C(=O)N(Cc2nc(-c3ccccc3)no2)C1=O. The van der Waals surface area contributed by atoms with Crippen LogP contribution >= 0.6 is 0 Å². The zero-order valence-electron chi connectivity index (χ0n) is 12.4. The summed E-state index contributed by atoms with van der Waals surface area (Å²) in [6.07, 6.45) is 0.581. The molecular formula is C15H14N4O4. The van der Waals surface area contributed by atoms with E-state index in [4.69, 9.17) is 4.52 Å². The maximum atomic E-state index is 12.1. The van der Waals surface area contributed by atoms with Gasteiger partial charge < -0.3 is 4.52 Å². The molecule has 4 amide bonds. The molecule has 3 rings (SSSR count). The summed E-state index contributed by atoms with van der Waals surface area (Å²) in [5, 5.41) is 3.82. The summed E-state index contributed by atoms with van der Waals surface area (Å²) in [4.78, 5) is 41.7. The standard InChI is InChI=1S/C15H14N4O4/c1-2-8-18-13(20)14(21)19(15(18)22)9-11-16-12(17-23-11)10-6-4-3-5-7-10/h3-7H,2,8-9H2,1H3. The molecule has 0 atom stereocenters. The first-order chi connectivity index (χ1) is 11.1. The third-order valence-electron chi connectivity index (χ3n) is 3.38. The molecule has 1 fully saturated rings. The van der Waals surface area contributed by atoms with Crippen molar-refractivity contribution >= 4 is 17.8 Å². The van der Waals surface area contributed by atoms with E-state index in [2.05, 4.69) is 10.1 Å². The van der Waals surface area contributed by atoms with Gasteiger partial charge in [0, 0.05) is 12.1 Å². The molecular weight excluding hydrogens is 300 g/mol. The highest BCUT2D eigenvalue weighted by molar-refractivity contribution is 6.44. The Morgan fingerprint density at radius 2 is 1.74 bits per heavy atom. The lowest BCUT2D eigenvalue weighted by Crippen LogP contribution is -2.33. The van der Waals surface area contributed by atoms with Crippen LogP contribution in [0.5, 0.6) is 0 Å². The third kappa shape index (κ3) is 2.70. The molecule has 8 nitrogen and oxygen atoms in total. The molecule has 1 saturated heterocycles. The maximum absolute atomic E-state index is 12.1. The number of rotatable bonds is 5. The lowest BCUT2D eigenvalue weighted by atomic mass is 10.2. The fourth-order valence-corrected chi connectivity index (χ4v) is 2.27. The van der Waals surface area contributed by atoms with Crippen molar-refractivity contribution in [3.63, 3.8) is 0 Å². The largest absolute Gasteiger partial charge is 0.337 e. The number of hydrogen-bond acceptors (Lipinski definition) is 6. The van der Waals surface area contributed by atoms with Crippen molar-refractivity contribution in [3.8, 4) is 11.4 Å². The maximum Gasteiger partial charge on any atom is 0.334 e. The summed E-state index contributed by atoms with van der Waals surface area (Å²) in [5.74, 6) is -1.24. The van der Waals surface area contributed by atoms with Crippen molar-refractivity contribution in [2.75, 3.05) is 6.54 Å². The number of hydrogen-bond donors (Lipinski definition) is 0. The van der Waals surface area contributed by atoms with Crippen LogP contribution in [0, 0.1) is 0 Å². The molecule has 1 aliphatic rings. The van der Waals surface area contributed by atoms with Crippen molar-refractivity contribution in [2.24, 2.45) is 0 Å². The second kappa shape index (κ2) is 5.99. The van der Waals surface area contributed by atoms with Crippen LogP contribution in [0.2, 0.25) is 0 Å². The highest BCUT2D eigenvalue weighted by Gasteiger charge is 2.44. The van der Waals surface area contributed by atoms with Crippen LogP contribution in [0.15, 0.2) is 34.9 Å². The van der Waals surface area contributed by atoms with Gasteiger partial charge in [0.25, 0.3) is 0 Å². The Balaban J connectivity index is 1.78. The highest BCUT2D eigenvalue weighted by Crippen LogP contribution is 2.18. The Labute approximate surface area is 131 Å². The molecule has 0 spiro atoms. The van der Waals surface area contributed by atoms with Crippen molar-refractivity contribution < 1.29 is 18.9 Å². The Hall–Kier alpha value is -3.03. The second-order valence-corrected chi connectivity index (χ2v) is 5.01. The highest BCUT2D eigenvalue weighted by atomic mass is 16.5. The topological polar surface area (TPSA) is 96.6 Å². The first kappa shape index (κ1) is 14.9. The van der Waals surface area contributed by atoms with E-state index in [1.807, 2.05) is 37.3 Å². The fraction of sp³-hybridized carbons (Fsp3) is 0.267. The predicted molar refractivity (Wildman–Crippen MR) is 77.7 cm³/mol. The number of benzene rings is 1. The van der Waals surface area contributed by atoms with E-state index >= 15 is 0 Å². The number of urea groups is 1. The van der Waals surface area contributed by atoms with E-state index in [1.54, 1.807) is 0 Å². The van der Waals surface area contributed by atoms with E-state index in [0.717, 1.165) is 15.4 Å². The minimum Gasteiger partial charge on any atom is -0.337 e. The Bertz CT molecular complexity index is 756. The molecule has 2 aromatic rings. The minimum atomic E-state index is -0.872. The summed E-state index contributed by atoms with van der Waals surface area (Å²) in [6.45, 7) is 1.81. The number of nitrogens with zero attached hydrogens (tertiary/aromatic N) is 4. The average Bonchev–Trinajstić information content (AvgIpc) is 3.11. The average molecular weight is 314 g/mol. The predicted octanol–water partition coefficient (Wildman–Crippen LogP) is 1.44. The molecule has 0 radical (unpaired) electrons. The summed E-state index contributed by atoms with van der Waals surface area (Å²) >= 11 is 0. The smallest absolute Gasteiger partial charge is 0.334 e. The van der Waals surface area contributed by atoms with E-state index < -0.39 is 17.8 Å². The lowest BCUT2D eigenvalue weighted by molar-refractivity contribution is -0.143. The number of carbonyl (C=O) groups excluding carboxylic acids is 3. The van der Waals surface area contributed by atoms with Crippen LogP contribution in [0.4, 0.5) is 4.79 Å². The first-order valence-corrected chi connectivity index (χ1v) is 7.17. The van der Waals surface area contributed by atoms with Gasteiger partial charge in [-0.25, -0.2) is 9.69 Å². The number of carbonyl (C=O) groups is 3. The van der Waals surface area contributed by atoms with Crippen LogP contribution < -0.4 is 0 Å². The van der Waals surface area contributed by atoms with Crippen LogP contribution in [0.1, 0.15) is 19.2 Å². The quantitative estimate of drug-likeness (QED) is 0.612. The van der Waals surface area contributed by atoms with Gasteiger partial charge in [-0.05, 0) is 6.42 Å². The van der Waals surface area contributed by atoms with E-state index in [-0.39, 0.29) is 19.0 Å². The van der Waals surface area contributed by atoms with Crippen LogP contribution in [0.25, 0.3) is 11.4 Å². The normalized spacial score (nSPS) is 14.9. The van der Waals surface area contributed by atoms with Crippen LogP contribution in [-0.2, 0) is 16.1 Å². The molecule has 8 heteroatoms. The molecule has 23 heavy (non-hydrogen) atoms. The fourth-order valence-electron chi connectivity index (χ4n) is 2.27. The van der Waals surface area contributed by atoms with Gasteiger partial charge in [0.05, 0.1) is 0 Å². The second-order valence-electron chi connectivity index (χ2n) is 5.01. The van der Waals surface area contributed by atoms with Gasteiger partial charge in [0.1, 0.15) is 6.54 Å². The van der Waals surface area contributed by atoms with E-state index in [1.165, 1.54) is 0 Å². The molecule has 118 valence electrons. The van der Waals surface area contributed by atoms with Gasteiger partial charge in [-0.3, -0.25) is 14.5 Å². The summed E-state index contributed by atoms with van der Waals surface area (Å²) in [6, 6.07) is 8.50. The first-order valence-electron chi connectivity index (χ1n) is 7.17. The van der Waals surface area contributed by atoms with Gasteiger partial charge in [-0.15, -0.1) is 0 Å². The molecule has 0 bridgehead atoms. The minimum absolute atomic E-state index is 0.0942. The zero-order valence-corrected chi connectivity index (χ0v) is 12.4. The Kier molecular flexibility index (Phi) is 3.88. The van der Waals surface area contributed by atoms with Crippen LogP contribution in [-0.4, -0.2) is 44.3 Å². The molecule has 2 heterocycles. The summed E-state index contributed by atoms with van der Waals surface area (Å²) in [7, 11) is 0. The third-order valence-corrected chi connectivity index (χ3v) is 3.38. The molecule has 0 unspecified atom stereocenters. The van der Waals surface area contributed by atoms with E-state index in [0.29, 0.717) is 12.2 Å². The molecule has 1 aromatic heterocycles. The van der Waals surface area contributed by atoms with Crippen molar-refractivity contribution in [1.82, 2.24) is 19.9 Å². The van der Waals surface area contributed by atoms with Crippen molar-refractivity contribution in [3.05, 3.63) is 36.2 Å². The van der Waals surface area contributed by atoms with Crippen molar-refractivity contribution in [1.29, 1.82) is 0 Å². The number of aromatic nitrogens is 2. The summed E-state index contributed by atoms with van der Waals surface area (Å²) in [5.41, 5.74) is 0.755.